The van der Waals surface area contributed by atoms with Crippen molar-refractivity contribution in [3.63, 3.8) is 0 Å². The summed E-state index contributed by atoms with van der Waals surface area (Å²) in [4.78, 5) is 12.5. The number of carboxylic acid groups (broad SMARTS) is 1. The highest BCUT2D eigenvalue weighted by Crippen LogP contribution is 2.20. The number of anilines is 1. The molecule has 0 amide bonds. The molecule has 1 aromatic carbocycles. The van der Waals surface area contributed by atoms with Crippen LogP contribution in [0.3, 0.4) is 0 Å². The smallest absolute Gasteiger partial charge is 0.371 e. The van der Waals surface area contributed by atoms with E-state index in [1.165, 1.54) is 6.07 Å². The summed E-state index contributed by atoms with van der Waals surface area (Å²) in [5, 5.41) is 9.45. The van der Waals surface area contributed by atoms with E-state index in [1.54, 1.807) is 12.1 Å². The van der Waals surface area contributed by atoms with Gasteiger partial charge in [-0.15, -0.1) is 0 Å². The van der Waals surface area contributed by atoms with Gasteiger partial charge in [0.15, 0.2) is 5.88 Å². The van der Waals surface area contributed by atoms with E-state index in [0.29, 0.717) is 17.5 Å². The van der Waals surface area contributed by atoms with Crippen LogP contribution >= 0.6 is 11.6 Å². The molecule has 1 N–H and O–H groups in total. The van der Waals surface area contributed by atoms with Gasteiger partial charge < -0.3 is 14.4 Å². The lowest BCUT2D eigenvalue weighted by molar-refractivity contribution is 0.0663. The number of carbonyl (C=O) groups is 1. The van der Waals surface area contributed by atoms with Gasteiger partial charge in [-0.1, -0.05) is 23.7 Å². The van der Waals surface area contributed by atoms with Crippen molar-refractivity contribution in [2.75, 3.05) is 11.9 Å². The molecule has 0 aliphatic rings. The Labute approximate surface area is 109 Å². The predicted molar refractivity (Wildman–Crippen MR) is 69.2 cm³/mol. The number of rotatable bonds is 4. The maximum Gasteiger partial charge on any atom is 0.371 e. The summed E-state index contributed by atoms with van der Waals surface area (Å²) < 4.78 is 5.20. The number of benzene rings is 1. The van der Waals surface area contributed by atoms with Crippen LogP contribution in [0.15, 0.2) is 40.8 Å². The van der Waals surface area contributed by atoms with Crippen LogP contribution in [0.1, 0.15) is 16.1 Å². The summed E-state index contributed by atoms with van der Waals surface area (Å²) in [5.41, 5.74) is 1.03. The van der Waals surface area contributed by atoms with E-state index in [4.69, 9.17) is 21.1 Å². The van der Waals surface area contributed by atoms with Crippen molar-refractivity contribution in [2.24, 2.45) is 0 Å². The molecule has 0 spiro atoms. The topological polar surface area (TPSA) is 53.7 Å². The third-order valence-corrected chi connectivity index (χ3v) is 2.72. The zero-order chi connectivity index (χ0) is 13.1. The first-order valence-electron chi connectivity index (χ1n) is 5.35. The highest BCUT2D eigenvalue weighted by Gasteiger charge is 2.12. The third-order valence-electron chi connectivity index (χ3n) is 2.49. The van der Waals surface area contributed by atoms with Gasteiger partial charge in [0.1, 0.15) is 0 Å². The summed E-state index contributed by atoms with van der Waals surface area (Å²) in [6, 6.07) is 10.6. The Balaban J connectivity index is 2.11. The lowest BCUT2D eigenvalue weighted by atomic mass is 10.2. The van der Waals surface area contributed by atoms with E-state index in [9.17, 15) is 4.79 Å². The highest BCUT2D eigenvalue weighted by atomic mass is 35.5. The molecule has 0 radical (unpaired) electrons. The van der Waals surface area contributed by atoms with Crippen LogP contribution in [0.2, 0.25) is 5.02 Å². The molecule has 1 aromatic heterocycles. The molecule has 0 atom stereocenters. The Morgan fingerprint density at radius 3 is 2.78 bits per heavy atom. The lowest BCUT2D eigenvalue weighted by Gasteiger charge is -2.15. The van der Waals surface area contributed by atoms with Crippen molar-refractivity contribution in [3.05, 3.63) is 52.7 Å². The monoisotopic (exact) mass is 265 g/mol. The predicted octanol–water partition coefficient (Wildman–Crippen LogP) is 3.27. The van der Waals surface area contributed by atoms with Crippen LogP contribution in [-0.4, -0.2) is 18.1 Å². The largest absolute Gasteiger partial charge is 0.475 e. The maximum atomic E-state index is 10.7. The molecule has 0 unspecified atom stereocenters. The van der Waals surface area contributed by atoms with E-state index < -0.39 is 5.97 Å². The maximum absolute atomic E-state index is 10.7. The highest BCUT2D eigenvalue weighted by molar-refractivity contribution is 6.30. The zero-order valence-electron chi connectivity index (χ0n) is 9.76. The summed E-state index contributed by atoms with van der Waals surface area (Å²) in [6.07, 6.45) is 0. The number of furan rings is 1. The first kappa shape index (κ1) is 12.5. The number of hydrogen-bond donors (Lipinski definition) is 1. The molecule has 0 saturated heterocycles. The molecule has 0 aliphatic carbocycles. The first-order valence-corrected chi connectivity index (χ1v) is 5.73. The van der Waals surface area contributed by atoms with Gasteiger partial charge in [0.05, 0.1) is 0 Å². The summed E-state index contributed by atoms with van der Waals surface area (Å²) >= 11 is 5.90. The van der Waals surface area contributed by atoms with E-state index in [-0.39, 0.29) is 5.76 Å². The lowest BCUT2D eigenvalue weighted by Crippen LogP contribution is -2.15. The summed E-state index contributed by atoms with van der Waals surface area (Å²) in [7, 11) is 1.82. The van der Waals surface area contributed by atoms with Crippen LogP contribution in [0, 0.1) is 0 Å². The van der Waals surface area contributed by atoms with E-state index >= 15 is 0 Å². The fraction of sp³-hybridized carbons (Fsp3) is 0.154. The summed E-state index contributed by atoms with van der Waals surface area (Å²) in [5.74, 6) is -0.632. The number of aromatic carboxylic acids is 1. The average Bonchev–Trinajstić information content (AvgIpc) is 2.78. The van der Waals surface area contributed by atoms with Crippen molar-refractivity contribution < 1.29 is 14.3 Å². The van der Waals surface area contributed by atoms with Gasteiger partial charge in [-0.05, 0) is 23.8 Å². The fourth-order valence-corrected chi connectivity index (χ4v) is 1.85. The van der Waals surface area contributed by atoms with Crippen LogP contribution < -0.4 is 4.90 Å². The van der Waals surface area contributed by atoms with Gasteiger partial charge in [0.2, 0.25) is 5.76 Å². The molecule has 0 fully saturated rings. The molecule has 18 heavy (non-hydrogen) atoms. The van der Waals surface area contributed by atoms with E-state index in [0.717, 1.165) is 5.56 Å². The Hall–Kier alpha value is -1.94. The van der Waals surface area contributed by atoms with Gasteiger partial charge in [0.25, 0.3) is 0 Å². The van der Waals surface area contributed by atoms with E-state index in [1.807, 2.05) is 30.1 Å². The van der Waals surface area contributed by atoms with Gasteiger partial charge in [-0.3, -0.25) is 0 Å². The molecule has 1 heterocycles. The second kappa shape index (κ2) is 5.14. The van der Waals surface area contributed by atoms with Crippen molar-refractivity contribution in [2.45, 2.75) is 6.54 Å². The summed E-state index contributed by atoms with van der Waals surface area (Å²) in [6.45, 7) is 0.590. The molecule has 4 nitrogen and oxygen atoms in total. The molecular formula is C13H12ClNO3. The number of hydrogen-bond acceptors (Lipinski definition) is 3. The first-order chi connectivity index (χ1) is 8.56. The minimum Gasteiger partial charge on any atom is -0.475 e. The van der Waals surface area contributed by atoms with Gasteiger partial charge in [0, 0.05) is 24.7 Å². The molecule has 0 saturated carbocycles. The second-order valence-corrected chi connectivity index (χ2v) is 4.37. The number of nitrogens with zero attached hydrogens (tertiary/aromatic N) is 1. The molecule has 5 heteroatoms. The quantitative estimate of drug-likeness (QED) is 0.922. The van der Waals surface area contributed by atoms with Crippen molar-refractivity contribution in [1.82, 2.24) is 0 Å². The third kappa shape index (κ3) is 2.84. The van der Waals surface area contributed by atoms with Crippen LogP contribution in [-0.2, 0) is 6.54 Å². The minimum atomic E-state index is -1.07. The van der Waals surface area contributed by atoms with Gasteiger partial charge in [-0.2, -0.15) is 0 Å². The van der Waals surface area contributed by atoms with Crippen molar-refractivity contribution in [3.8, 4) is 0 Å². The zero-order valence-corrected chi connectivity index (χ0v) is 10.5. The Morgan fingerprint density at radius 1 is 1.39 bits per heavy atom. The number of halogens is 1. The molecule has 94 valence electrons. The minimum absolute atomic E-state index is 0.0667. The molecule has 0 aliphatic heterocycles. The molecular weight excluding hydrogens is 254 g/mol. The standard InChI is InChI=1S/C13H12ClNO3/c1-15(8-9-3-2-4-10(14)7-9)12-6-5-11(18-12)13(16)17/h2-7H,8H2,1H3,(H,16,17). The second-order valence-electron chi connectivity index (χ2n) is 3.93. The van der Waals surface area contributed by atoms with E-state index in [2.05, 4.69) is 0 Å². The molecule has 2 rings (SSSR count). The Bertz CT molecular complexity index is 565. The Morgan fingerprint density at radius 2 is 2.17 bits per heavy atom. The van der Waals surface area contributed by atoms with Crippen LogP contribution in [0.4, 0.5) is 5.88 Å². The van der Waals surface area contributed by atoms with Crippen LogP contribution in [0.25, 0.3) is 0 Å². The SMILES string of the molecule is CN(Cc1cccc(Cl)c1)c1ccc(C(=O)O)o1. The Kier molecular flexibility index (Phi) is 3.58. The normalized spacial score (nSPS) is 10.3. The van der Waals surface area contributed by atoms with Crippen molar-refractivity contribution >= 4 is 23.5 Å². The molecule has 0 bridgehead atoms. The van der Waals surface area contributed by atoms with Gasteiger partial charge in [-0.25, -0.2) is 4.79 Å². The van der Waals surface area contributed by atoms with Crippen molar-refractivity contribution in [1.29, 1.82) is 0 Å². The molecule has 2 aromatic rings. The number of carboxylic acids is 1. The average molecular weight is 266 g/mol. The van der Waals surface area contributed by atoms with Crippen LogP contribution in [0.5, 0.6) is 0 Å². The van der Waals surface area contributed by atoms with Gasteiger partial charge >= 0.3 is 5.97 Å². The fourth-order valence-electron chi connectivity index (χ4n) is 1.63.